The topological polar surface area (TPSA) is 105 Å². The average Bonchev–Trinajstić information content (AvgIpc) is 2.61. The lowest BCUT2D eigenvalue weighted by Gasteiger charge is -2.26. The highest BCUT2D eigenvalue weighted by Gasteiger charge is 2.36. The van der Waals surface area contributed by atoms with E-state index in [0.29, 0.717) is 0 Å². The maximum Gasteiger partial charge on any atom is 0.404 e. The molecule has 0 spiro atoms. The molecule has 6 nitrogen and oxygen atoms in total. The quantitative estimate of drug-likeness (QED) is 0.722. The molecule has 1 aliphatic rings. The Kier molecular flexibility index (Phi) is 3.76. The molecular formula is C9H16N2O4. The first-order valence-electron chi connectivity index (χ1n) is 4.89. The number of amides is 2. The minimum Gasteiger partial charge on any atom is -0.449 e. The van der Waals surface area contributed by atoms with Crippen molar-refractivity contribution >= 4 is 12.2 Å². The van der Waals surface area contributed by atoms with Gasteiger partial charge in [-0.2, -0.15) is 0 Å². The fourth-order valence-corrected chi connectivity index (χ4v) is 1.90. The first kappa shape index (κ1) is 11.6. The second-order valence-electron chi connectivity index (χ2n) is 3.92. The van der Waals surface area contributed by atoms with Crippen molar-refractivity contribution in [1.29, 1.82) is 0 Å². The summed E-state index contributed by atoms with van der Waals surface area (Å²) in [6.45, 7) is 0.380. The summed E-state index contributed by atoms with van der Waals surface area (Å²) >= 11 is 0. The molecule has 1 rings (SSSR count). The summed E-state index contributed by atoms with van der Waals surface area (Å²) in [6.07, 6.45) is 2.16. The summed E-state index contributed by atoms with van der Waals surface area (Å²) in [7, 11) is 0. The summed E-state index contributed by atoms with van der Waals surface area (Å²) < 4.78 is 9.54. The molecule has 1 fully saturated rings. The molecule has 1 aliphatic carbocycles. The lowest BCUT2D eigenvalue weighted by molar-refractivity contribution is 0.0353. The Labute approximate surface area is 87.9 Å². The van der Waals surface area contributed by atoms with E-state index in [4.69, 9.17) is 20.9 Å². The van der Waals surface area contributed by atoms with Crippen LogP contribution < -0.4 is 11.5 Å². The van der Waals surface area contributed by atoms with Gasteiger partial charge in [0, 0.05) is 5.41 Å². The number of ether oxygens (including phenoxy) is 2. The van der Waals surface area contributed by atoms with E-state index in [9.17, 15) is 9.59 Å². The van der Waals surface area contributed by atoms with Crippen molar-refractivity contribution in [3.05, 3.63) is 0 Å². The number of carbonyl (C=O) groups is 2. The number of hydrogen-bond donors (Lipinski definition) is 2. The predicted octanol–water partition coefficient (Wildman–Crippen LogP) is 0.737. The van der Waals surface area contributed by atoms with E-state index in [2.05, 4.69) is 0 Å². The van der Waals surface area contributed by atoms with Crippen LogP contribution in [0.2, 0.25) is 0 Å². The fraction of sp³-hybridized carbons (Fsp3) is 0.778. The molecule has 0 bridgehead atoms. The van der Waals surface area contributed by atoms with Crippen LogP contribution in [0.3, 0.4) is 0 Å². The SMILES string of the molecule is NC(=O)OCC1(COC(N)=O)CCCC1. The first-order chi connectivity index (χ1) is 7.04. The molecule has 6 heteroatoms. The van der Waals surface area contributed by atoms with E-state index in [1.54, 1.807) is 0 Å². The number of primary amides is 2. The second kappa shape index (κ2) is 4.86. The molecule has 0 unspecified atom stereocenters. The third kappa shape index (κ3) is 3.65. The van der Waals surface area contributed by atoms with Crippen LogP contribution in [0.4, 0.5) is 9.59 Å². The Morgan fingerprint density at radius 1 is 1.00 bits per heavy atom. The molecule has 0 saturated heterocycles. The standard InChI is InChI=1S/C9H16N2O4/c10-7(12)14-5-9(3-1-2-4-9)6-15-8(11)13/h1-6H2,(H2,10,12)(H2,11,13). The Morgan fingerprint density at radius 3 is 1.73 bits per heavy atom. The van der Waals surface area contributed by atoms with Gasteiger partial charge in [0.25, 0.3) is 0 Å². The van der Waals surface area contributed by atoms with Gasteiger partial charge in [-0.15, -0.1) is 0 Å². The zero-order valence-corrected chi connectivity index (χ0v) is 8.53. The largest absolute Gasteiger partial charge is 0.449 e. The number of hydrogen-bond acceptors (Lipinski definition) is 4. The molecule has 1 saturated carbocycles. The molecule has 0 aromatic carbocycles. The summed E-state index contributed by atoms with van der Waals surface area (Å²) in [5.41, 5.74) is 9.50. The third-order valence-corrected chi connectivity index (χ3v) is 2.71. The van der Waals surface area contributed by atoms with Gasteiger partial charge in [0.1, 0.15) is 13.2 Å². The molecule has 0 aliphatic heterocycles. The highest BCUT2D eigenvalue weighted by Crippen LogP contribution is 2.38. The molecule has 0 aromatic heterocycles. The highest BCUT2D eigenvalue weighted by molar-refractivity contribution is 5.65. The van der Waals surface area contributed by atoms with E-state index >= 15 is 0 Å². The van der Waals surface area contributed by atoms with Crippen molar-refractivity contribution in [3.63, 3.8) is 0 Å². The molecule has 0 aromatic rings. The zero-order chi connectivity index (χ0) is 11.3. The van der Waals surface area contributed by atoms with E-state index in [-0.39, 0.29) is 18.6 Å². The van der Waals surface area contributed by atoms with Gasteiger partial charge in [-0.1, -0.05) is 12.8 Å². The van der Waals surface area contributed by atoms with Crippen molar-refractivity contribution in [3.8, 4) is 0 Å². The number of nitrogens with two attached hydrogens (primary N) is 2. The van der Waals surface area contributed by atoms with Crippen molar-refractivity contribution in [1.82, 2.24) is 0 Å². The molecule has 15 heavy (non-hydrogen) atoms. The maximum absolute atomic E-state index is 10.5. The molecule has 2 amide bonds. The van der Waals surface area contributed by atoms with Gasteiger partial charge in [0.2, 0.25) is 0 Å². The number of rotatable bonds is 4. The van der Waals surface area contributed by atoms with Crippen LogP contribution in [0.15, 0.2) is 0 Å². The lowest BCUT2D eigenvalue weighted by atomic mass is 9.88. The van der Waals surface area contributed by atoms with Crippen LogP contribution in [-0.4, -0.2) is 25.4 Å². The predicted molar refractivity (Wildman–Crippen MR) is 52.0 cm³/mol. The summed E-state index contributed by atoms with van der Waals surface area (Å²) in [6, 6.07) is 0. The maximum atomic E-state index is 10.5. The Bertz CT molecular complexity index is 228. The van der Waals surface area contributed by atoms with Crippen molar-refractivity contribution < 1.29 is 19.1 Å². The van der Waals surface area contributed by atoms with Gasteiger partial charge < -0.3 is 20.9 Å². The van der Waals surface area contributed by atoms with Gasteiger partial charge >= 0.3 is 12.2 Å². The molecule has 4 N–H and O–H groups in total. The van der Waals surface area contributed by atoms with E-state index < -0.39 is 12.2 Å². The molecule has 0 radical (unpaired) electrons. The van der Waals surface area contributed by atoms with Crippen molar-refractivity contribution in [2.45, 2.75) is 25.7 Å². The van der Waals surface area contributed by atoms with Gasteiger partial charge in [-0.05, 0) is 12.8 Å². The normalized spacial score (nSPS) is 18.4. The van der Waals surface area contributed by atoms with Gasteiger partial charge in [-0.3, -0.25) is 0 Å². The van der Waals surface area contributed by atoms with Gasteiger partial charge in [0.15, 0.2) is 0 Å². The molecule has 86 valence electrons. The first-order valence-corrected chi connectivity index (χ1v) is 4.89. The smallest absolute Gasteiger partial charge is 0.404 e. The van der Waals surface area contributed by atoms with E-state index in [0.717, 1.165) is 25.7 Å². The minimum absolute atomic E-state index is 0.190. The van der Waals surface area contributed by atoms with Gasteiger partial charge in [0.05, 0.1) is 0 Å². The lowest BCUT2D eigenvalue weighted by Crippen LogP contribution is -2.33. The monoisotopic (exact) mass is 216 g/mol. The van der Waals surface area contributed by atoms with Crippen molar-refractivity contribution in [2.75, 3.05) is 13.2 Å². The summed E-state index contributed by atoms with van der Waals surface area (Å²) in [5.74, 6) is 0. The minimum atomic E-state index is -0.805. The third-order valence-electron chi connectivity index (χ3n) is 2.71. The van der Waals surface area contributed by atoms with Crippen molar-refractivity contribution in [2.24, 2.45) is 16.9 Å². The average molecular weight is 216 g/mol. The highest BCUT2D eigenvalue weighted by atomic mass is 16.6. The van der Waals surface area contributed by atoms with Crippen LogP contribution in [-0.2, 0) is 9.47 Å². The van der Waals surface area contributed by atoms with Crippen LogP contribution in [0.5, 0.6) is 0 Å². The molecule has 0 heterocycles. The fourth-order valence-electron chi connectivity index (χ4n) is 1.90. The molecule has 0 atom stereocenters. The van der Waals surface area contributed by atoms with E-state index in [1.807, 2.05) is 0 Å². The van der Waals surface area contributed by atoms with E-state index in [1.165, 1.54) is 0 Å². The van der Waals surface area contributed by atoms with Crippen LogP contribution in [0, 0.1) is 5.41 Å². The Balaban J connectivity index is 2.46. The Hall–Kier alpha value is -1.46. The zero-order valence-electron chi connectivity index (χ0n) is 8.53. The summed E-state index contributed by atoms with van der Waals surface area (Å²) in [5, 5.41) is 0. The van der Waals surface area contributed by atoms with Crippen LogP contribution >= 0.6 is 0 Å². The van der Waals surface area contributed by atoms with Crippen LogP contribution in [0.25, 0.3) is 0 Å². The van der Waals surface area contributed by atoms with Gasteiger partial charge in [-0.25, -0.2) is 9.59 Å². The molecular weight excluding hydrogens is 200 g/mol. The van der Waals surface area contributed by atoms with Crippen LogP contribution in [0.1, 0.15) is 25.7 Å². The number of carbonyl (C=O) groups excluding carboxylic acids is 2. The Morgan fingerprint density at radius 2 is 1.40 bits per heavy atom. The second-order valence-corrected chi connectivity index (χ2v) is 3.92. The summed E-state index contributed by atoms with van der Waals surface area (Å²) in [4.78, 5) is 21.0.